The highest BCUT2D eigenvalue weighted by molar-refractivity contribution is 7.14. The Hall–Kier alpha value is -2.41. The minimum absolute atomic E-state index is 0.0243. The third-order valence-electron chi connectivity index (χ3n) is 4.86. The van der Waals surface area contributed by atoms with Crippen molar-refractivity contribution in [2.24, 2.45) is 5.92 Å². The molecule has 3 rings (SSSR count). The number of benzene rings is 1. The largest absolute Gasteiger partial charge is 0.494 e. The van der Waals surface area contributed by atoms with Gasteiger partial charge in [0.25, 0.3) is 0 Å². The Kier molecular flexibility index (Phi) is 7.42. The number of amides is 2. The summed E-state index contributed by atoms with van der Waals surface area (Å²) in [6, 6.07) is 7.69. The Bertz CT molecular complexity index is 782. The third kappa shape index (κ3) is 6.05. The highest BCUT2D eigenvalue weighted by atomic mass is 32.1. The van der Waals surface area contributed by atoms with E-state index in [0.29, 0.717) is 24.1 Å². The lowest BCUT2D eigenvalue weighted by Gasteiger charge is -2.20. The Labute approximate surface area is 169 Å². The lowest BCUT2D eigenvalue weighted by atomic mass is 9.87. The van der Waals surface area contributed by atoms with Crippen LogP contribution < -0.4 is 15.4 Å². The van der Waals surface area contributed by atoms with Gasteiger partial charge in [-0.15, -0.1) is 11.3 Å². The number of anilines is 1. The molecule has 0 unspecified atom stereocenters. The molecule has 28 heavy (non-hydrogen) atoms. The molecule has 1 aromatic carbocycles. The third-order valence-corrected chi connectivity index (χ3v) is 5.61. The van der Waals surface area contributed by atoms with Crippen molar-refractivity contribution in [2.75, 3.05) is 18.5 Å². The van der Waals surface area contributed by atoms with Gasteiger partial charge in [0, 0.05) is 17.4 Å². The second-order valence-electron chi connectivity index (χ2n) is 7.03. The number of thiazole rings is 1. The van der Waals surface area contributed by atoms with Gasteiger partial charge >= 0.3 is 0 Å². The number of ether oxygens (including phenoxy) is 1. The molecule has 1 fully saturated rings. The second-order valence-corrected chi connectivity index (χ2v) is 7.89. The van der Waals surface area contributed by atoms with Crippen LogP contribution >= 0.6 is 11.3 Å². The van der Waals surface area contributed by atoms with Gasteiger partial charge in [0.1, 0.15) is 5.75 Å². The quantitative estimate of drug-likeness (QED) is 0.693. The summed E-state index contributed by atoms with van der Waals surface area (Å²) < 4.78 is 5.44. The minimum Gasteiger partial charge on any atom is -0.494 e. The number of hydrogen-bond donors (Lipinski definition) is 2. The molecule has 150 valence electrons. The molecule has 2 aromatic rings. The number of nitrogens with zero attached hydrogens (tertiary/aromatic N) is 1. The monoisotopic (exact) mass is 401 g/mol. The molecular formula is C21H27N3O3S. The maximum atomic E-state index is 12.1. The fourth-order valence-corrected chi connectivity index (χ4v) is 4.16. The van der Waals surface area contributed by atoms with Crippen LogP contribution in [0.4, 0.5) is 5.13 Å². The summed E-state index contributed by atoms with van der Waals surface area (Å²) in [6.45, 7) is 2.55. The number of hydrogen-bond acceptors (Lipinski definition) is 5. The summed E-state index contributed by atoms with van der Waals surface area (Å²) >= 11 is 1.36. The summed E-state index contributed by atoms with van der Waals surface area (Å²) in [5.41, 5.74) is 1.76. The SMILES string of the molecule is CCOc1ccc(-c2csc(NC(=O)CNC(=O)CC3CCCCC3)n2)cc1. The number of carbonyl (C=O) groups is 2. The fraction of sp³-hybridized carbons (Fsp3) is 0.476. The Balaban J connectivity index is 1.45. The van der Waals surface area contributed by atoms with Crippen LogP contribution in [0.5, 0.6) is 5.75 Å². The molecule has 2 N–H and O–H groups in total. The predicted octanol–water partition coefficient (Wildman–Crippen LogP) is 4.23. The van der Waals surface area contributed by atoms with E-state index in [2.05, 4.69) is 15.6 Å². The van der Waals surface area contributed by atoms with Crippen LogP contribution in [0.2, 0.25) is 0 Å². The van der Waals surface area contributed by atoms with E-state index in [1.807, 2.05) is 36.6 Å². The molecule has 1 aliphatic carbocycles. The molecule has 0 spiro atoms. The lowest BCUT2D eigenvalue weighted by molar-refractivity contribution is -0.125. The normalized spacial score (nSPS) is 14.5. The molecular weight excluding hydrogens is 374 g/mol. The summed E-state index contributed by atoms with van der Waals surface area (Å²) in [6.07, 6.45) is 6.44. The first-order valence-electron chi connectivity index (χ1n) is 9.89. The first-order chi connectivity index (χ1) is 13.6. The van der Waals surface area contributed by atoms with Crippen LogP contribution in [0.25, 0.3) is 11.3 Å². The van der Waals surface area contributed by atoms with E-state index in [9.17, 15) is 9.59 Å². The van der Waals surface area contributed by atoms with Crippen LogP contribution in [-0.2, 0) is 9.59 Å². The molecule has 2 amide bonds. The lowest BCUT2D eigenvalue weighted by Crippen LogP contribution is -2.34. The Morgan fingerprint density at radius 3 is 2.61 bits per heavy atom. The summed E-state index contributed by atoms with van der Waals surface area (Å²) in [5, 5.41) is 7.89. The smallest absolute Gasteiger partial charge is 0.245 e. The molecule has 0 atom stereocenters. The second kappa shape index (κ2) is 10.2. The summed E-state index contributed by atoms with van der Waals surface area (Å²) in [5.74, 6) is 0.979. The maximum Gasteiger partial charge on any atom is 0.245 e. The van der Waals surface area contributed by atoms with Crippen molar-refractivity contribution in [1.29, 1.82) is 0 Å². The van der Waals surface area contributed by atoms with Gasteiger partial charge in [-0.25, -0.2) is 4.98 Å². The van der Waals surface area contributed by atoms with Gasteiger partial charge in [-0.05, 0) is 49.9 Å². The molecule has 0 radical (unpaired) electrons. The molecule has 1 aromatic heterocycles. The molecule has 1 aliphatic rings. The van der Waals surface area contributed by atoms with Gasteiger partial charge in [0.15, 0.2) is 5.13 Å². The van der Waals surface area contributed by atoms with Gasteiger partial charge < -0.3 is 15.4 Å². The van der Waals surface area contributed by atoms with Crippen LogP contribution in [0.3, 0.4) is 0 Å². The first-order valence-corrected chi connectivity index (χ1v) is 10.8. The van der Waals surface area contributed by atoms with Crippen molar-refractivity contribution in [3.05, 3.63) is 29.6 Å². The molecule has 0 aliphatic heterocycles. The molecule has 0 saturated heterocycles. The number of carbonyl (C=O) groups excluding carboxylic acids is 2. The number of rotatable bonds is 8. The molecule has 6 nitrogen and oxygen atoms in total. The fourth-order valence-electron chi connectivity index (χ4n) is 3.42. The van der Waals surface area contributed by atoms with Gasteiger partial charge in [0.2, 0.25) is 11.8 Å². The number of aromatic nitrogens is 1. The Morgan fingerprint density at radius 1 is 1.14 bits per heavy atom. The molecule has 1 heterocycles. The summed E-state index contributed by atoms with van der Waals surface area (Å²) in [7, 11) is 0. The molecule has 7 heteroatoms. The average Bonchev–Trinajstić information content (AvgIpc) is 3.16. The topological polar surface area (TPSA) is 80.3 Å². The maximum absolute atomic E-state index is 12.1. The zero-order valence-corrected chi connectivity index (χ0v) is 17.0. The van der Waals surface area contributed by atoms with Gasteiger partial charge in [-0.3, -0.25) is 9.59 Å². The van der Waals surface area contributed by atoms with Crippen molar-refractivity contribution in [3.8, 4) is 17.0 Å². The van der Waals surface area contributed by atoms with Gasteiger partial charge in [-0.2, -0.15) is 0 Å². The van der Waals surface area contributed by atoms with Crippen LogP contribution in [0, 0.1) is 5.92 Å². The van der Waals surface area contributed by atoms with E-state index in [4.69, 9.17) is 4.74 Å². The van der Waals surface area contributed by atoms with E-state index < -0.39 is 0 Å². The Morgan fingerprint density at radius 2 is 1.89 bits per heavy atom. The predicted molar refractivity (Wildman–Crippen MR) is 112 cm³/mol. The standard InChI is InChI=1S/C21H27N3O3S/c1-2-27-17-10-8-16(9-11-17)18-14-28-21(23-18)24-20(26)13-22-19(25)12-15-6-4-3-5-7-15/h8-11,14-15H,2-7,12-13H2,1H3,(H,22,25)(H,23,24,26). The molecule has 1 saturated carbocycles. The minimum atomic E-state index is -0.260. The van der Waals surface area contributed by atoms with Crippen LogP contribution in [0.15, 0.2) is 29.6 Å². The van der Waals surface area contributed by atoms with Crippen molar-refractivity contribution in [1.82, 2.24) is 10.3 Å². The van der Waals surface area contributed by atoms with Crippen molar-refractivity contribution in [2.45, 2.75) is 45.4 Å². The van der Waals surface area contributed by atoms with E-state index in [1.165, 1.54) is 30.6 Å². The number of nitrogens with one attached hydrogen (secondary N) is 2. The first kappa shape index (κ1) is 20.3. The zero-order chi connectivity index (χ0) is 19.8. The zero-order valence-electron chi connectivity index (χ0n) is 16.2. The van der Waals surface area contributed by atoms with E-state index in [1.54, 1.807) is 0 Å². The van der Waals surface area contributed by atoms with Gasteiger partial charge in [-0.1, -0.05) is 19.3 Å². The highest BCUT2D eigenvalue weighted by Crippen LogP contribution is 2.27. The summed E-state index contributed by atoms with van der Waals surface area (Å²) in [4.78, 5) is 28.6. The van der Waals surface area contributed by atoms with Crippen molar-refractivity contribution in [3.63, 3.8) is 0 Å². The van der Waals surface area contributed by atoms with E-state index >= 15 is 0 Å². The van der Waals surface area contributed by atoms with Crippen molar-refractivity contribution < 1.29 is 14.3 Å². The van der Waals surface area contributed by atoms with E-state index in [0.717, 1.165) is 29.8 Å². The van der Waals surface area contributed by atoms with Crippen LogP contribution in [0.1, 0.15) is 45.4 Å². The highest BCUT2D eigenvalue weighted by Gasteiger charge is 2.17. The molecule has 0 bridgehead atoms. The van der Waals surface area contributed by atoms with Gasteiger partial charge in [0.05, 0.1) is 18.8 Å². The van der Waals surface area contributed by atoms with E-state index in [-0.39, 0.29) is 18.4 Å². The van der Waals surface area contributed by atoms with Crippen LogP contribution in [-0.4, -0.2) is 29.9 Å². The van der Waals surface area contributed by atoms with Crippen molar-refractivity contribution >= 4 is 28.3 Å². The average molecular weight is 402 g/mol.